The minimum absolute atomic E-state index is 0.721. The molecule has 0 aliphatic heterocycles. The van der Waals surface area contributed by atoms with Crippen LogP contribution < -0.4 is 15.9 Å². The van der Waals surface area contributed by atoms with Gasteiger partial charge in [0.25, 0.3) is 0 Å². The second kappa shape index (κ2) is 7.54. The average molecular weight is 407 g/mol. The van der Waals surface area contributed by atoms with Crippen LogP contribution in [-0.2, 0) is 12.7 Å². The van der Waals surface area contributed by atoms with Crippen LogP contribution >= 0.6 is 17.2 Å². The fourth-order valence-corrected chi connectivity index (χ4v) is 10.1. The fraction of sp³-hybridized carbons (Fsp3) is 0.125. The molecule has 1 heterocycles. The third-order valence-corrected chi connectivity index (χ3v) is 12.6. The van der Waals surface area contributed by atoms with Gasteiger partial charge in [0.15, 0.2) is 0 Å². The molecule has 0 N–H and O–H groups in total. The van der Waals surface area contributed by atoms with Crippen molar-refractivity contribution in [3.8, 4) is 0 Å². The Morgan fingerprint density at radius 1 is 0.750 bits per heavy atom. The van der Waals surface area contributed by atoms with Crippen LogP contribution in [0.4, 0.5) is 0 Å². The molecule has 142 valence electrons. The summed E-state index contributed by atoms with van der Waals surface area (Å²) in [4.78, 5) is 4.41. The van der Waals surface area contributed by atoms with Crippen LogP contribution in [0.5, 0.6) is 0 Å². The Morgan fingerprint density at radius 3 is 1.57 bits per heavy atom. The molecule has 0 atom stereocenters. The molecule has 3 aromatic carbocycles. The van der Waals surface area contributed by atoms with E-state index in [2.05, 4.69) is 89.3 Å². The molecule has 0 aliphatic carbocycles. The summed E-state index contributed by atoms with van der Waals surface area (Å²) in [5, 5.41) is 3.53. The van der Waals surface area contributed by atoms with Gasteiger partial charge in [-0.05, 0) is 0 Å². The minimum atomic E-state index is -3.28. The summed E-state index contributed by atoms with van der Waals surface area (Å²) in [5.41, 5.74) is 1.16. The molecule has 0 fully saturated rings. The van der Waals surface area contributed by atoms with Crippen LogP contribution in [0, 0.1) is 0 Å². The summed E-state index contributed by atoms with van der Waals surface area (Å²) in [6.45, 7) is 3.01. The van der Waals surface area contributed by atoms with E-state index in [0.29, 0.717) is 0 Å². The molecule has 0 saturated heterocycles. The molecule has 0 radical (unpaired) electrons. The van der Waals surface area contributed by atoms with Gasteiger partial charge in [0.1, 0.15) is 0 Å². The number of rotatable bonds is 6. The fourth-order valence-electron chi connectivity index (χ4n) is 4.01. The summed E-state index contributed by atoms with van der Waals surface area (Å²) in [6, 6.07) is 31.7. The monoisotopic (exact) mass is 406 g/mol. The number of halogens is 1. The average Bonchev–Trinajstić information content (AvgIpc) is 3.22. The van der Waals surface area contributed by atoms with Crippen molar-refractivity contribution >= 4 is 33.1 Å². The van der Waals surface area contributed by atoms with Crippen molar-refractivity contribution in [1.82, 2.24) is 9.55 Å². The first-order chi connectivity index (χ1) is 13.7. The van der Waals surface area contributed by atoms with Gasteiger partial charge in [0.2, 0.25) is 0 Å². The number of hydrogen-bond donors (Lipinski definition) is 0. The van der Waals surface area contributed by atoms with Gasteiger partial charge >= 0.3 is 172 Å². The van der Waals surface area contributed by atoms with Gasteiger partial charge in [-0.3, -0.25) is 0 Å². The zero-order chi connectivity index (χ0) is 19.5. The molecule has 2 nitrogen and oxygen atoms in total. The topological polar surface area (TPSA) is 17.8 Å². The van der Waals surface area contributed by atoms with Crippen molar-refractivity contribution in [2.75, 3.05) is 0 Å². The number of aromatic nitrogens is 2. The summed E-state index contributed by atoms with van der Waals surface area (Å²) >= 11 is 8.08. The van der Waals surface area contributed by atoms with Gasteiger partial charge in [-0.15, -0.1) is 0 Å². The molecule has 4 aromatic rings. The molecule has 0 unspecified atom stereocenters. The van der Waals surface area contributed by atoms with Crippen molar-refractivity contribution < 1.29 is 0 Å². The van der Waals surface area contributed by atoms with Gasteiger partial charge in [0, 0.05) is 0 Å². The van der Waals surface area contributed by atoms with E-state index >= 15 is 0 Å². The second-order valence-electron chi connectivity index (χ2n) is 7.02. The second-order valence-corrected chi connectivity index (χ2v) is 13.5. The summed E-state index contributed by atoms with van der Waals surface area (Å²) < 4.78 is 2.19. The van der Waals surface area contributed by atoms with E-state index in [1.807, 2.05) is 30.7 Å². The molecule has 0 amide bonds. The van der Waals surface area contributed by atoms with E-state index < -0.39 is 5.96 Å². The Balaban J connectivity index is 2.09. The number of imidazole rings is 1. The van der Waals surface area contributed by atoms with Gasteiger partial charge < -0.3 is 0 Å². The standard InChI is InChI=1S/C24H24ClN2P/c1-2-27-20-26-18-21(27)19-28(25,22-12-6-3-7-13-22,23-14-8-4-9-15-23)24-16-10-5-11-17-24/h3-18,20H,2,19H2,1H3. The third-order valence-electron chi connectivity index (χ3n) is 5.48. The quantitative estimate of drug-likeness (QED) is 0.408. The number of aryl methyl sites for hydroxylation is 1. The molecular weight excluding hydrogens is 383 g/mol. The van der Waals surface area contributed by atoms with Crippen LogP contribution in [0.25, 0.3) is 0 Å². The van der Waals surface area contributed by atoms with E-state index in [1.54, 1.807) is 0 Å². The Morgan fingerprint density at radius 2 is 1.18 bits per heavy atom. The van der Waals surface area contributed by atoms with Gasteiger partial charge in [0.05, 0.1) is 0 Å². The maximum absolute atomic E-state index is 8.08. The number of hydrogen-bond acceptors (Lipinski definition) is 1. The van der Waals surface area contributed by atoms with Crippen LogP contribution in [0.3, 0.4) is 0 Å². The van der Waals surface area contributed by atoms with E-state index in [9.17, 15) is 0 Å². The Hall–Kier alpha value is -2.41. The van der Waals surface area contributed by atoms with Crippen LogP contribution in [0.2, 0.25) is 0 Å². The normalized spacial score (nSPS) is 13.0. The third kappa shape index (κ3) is 2.98. The molecule has 0 aliphatic rings. The molecule has 4 heteroatoms. The van der Waals surface area contributed by atoms with Crippen LogP contribution in [0.1, 0.15) is 12.6 Å². The Bertz CT molecular complexity index is 946. The first-order valence-corrected chi connectivity index (χ1v) is 12.9. The van der Waals surface area contributed by atoms with Crippen molar-refractivity contribution in [2.24, 2.45) is 0 Å². The van der Waals surface area contributed by atoms with E-state index in [4.69, 9.17) is 11.2 Å². The van der Waals surface area contributed by atoms with Crippen molar-refractivity contribution in [2.45, 2.75) is 19.6 Å². The maximum atomic E-state index is 8.08. The summed E-state index contributed by atoms with van der Waals surface area (Å²) in [7, 11) is 0. The number of benzene rings is 3. The van der Waals surface area contributed by atoms with E-state index in [0.717, 1.165) is 18.4 Å². The van der Waals surface area contributed by atoms with Crippen molar-refractivity contribution in [1.29, 1.82) is 0 Å². The van der Waals surface area contributed by atoms with E-state index in [-0.39, 0.29) is 0 Å². The summed E-state index contributed by atoms with van der Waals surface area (Å²) in [5.74, 6) is -3.28. The summed E-state index contributed by atoms with van der Waals surface area (Å²) in [6.07, 6.45) is 4.58. The molecule has 28 heavy (non-hydrogen) atoms. The van der Waals surface area contributed by atoms with Gasteiger partial charge in [-0.2, -0.15) is 0 Å². The molecule has 0 bridgehead atoms. The van der Waals surface area contributed by atoms with Gasteiger partial charge in [-0.25, -0.2) is 0 Å². The molecule has 0 spiro atoms. The first-order valence-electron chi connectivity index (χ1n) is 9.55. The zero-order valence-electron chi connectivity index (χ0n) is 15.9. The SMILES string of the molecule is CCn1cncc1CP(Cl)(c1ccccc1)(c1ccccc1)c1ccccc1. The Kier molecular flexibility index (Phi) is 5.10. The molecule has 4 rings (SSSR count). The van der Waals surface area contributed by atoms with E-state index in [1.165, 1.54) is 15.9 Å². The van der Waals surface area contributed by atoms with Crippen LogP contribution in [0.15, 0.2) is 104 Å². The van der Waals surface area contributed by atoms with Crippen LogP contribution in [-0.4, -0.2) is 9.55 Å². The van der Waals surface area contributed by atoms with Crippen molar-refractivity contribution in [3.63, 3.8) is 0 Å². The van der Waals surface area contributed by atoms with Gasteiger partial charge in [-0.1, -0.05) is 0 Å². The van der Waals surface area contributed by atoms with Crippen molar-refractivity contribution in [3.05, 3.63) is 109 Å². The molecular formula is C24H24ClN2P. The number of nitrogens with zero attached hydrogens (tertiary/aromatic N) is 2. The molecule has 0 saturated carbocycles. The predicted octanol–water partition coefficient (Wildman–Crippen LogP) is 5.09. The molecule has 1 aromatic heterocycles. The zero-order valence-corrected chi connectivity index (χ0v) is 17.6. The predicted molar refractivity (Wildman–Crippen MR) is 123 cm³/mol. The Labute approximate surface area is 171 Å². The first kappa shape index (κ1) is 18.9.